The second kappa shape index (κ2) is 12.5. The van der Waals surface area contributed by atoms with Gasteiger partial charge >= 0.3 is 0 Å². The lowest BCUT2D eigenvalue weighted by atomic mass is 9.75. The molecule has 2 amide bonds. The van der Waals surface area contributed by atoms with Crippen LogP contribution in [0.1, 0.15) is 42.7 Å². The Labute approximate surface area is 253 Å². The van der Waals surface area contributed by atoms with Gasteiger partial charge in [-0.25, -0.2) is 8.78 Å². The van der Waals surface area contributed by atoms with Gasteiger partial charge in [-0.05, 0) is 55.6 Å². The molecule has 0 saturated carbocycles. The first kappa shape index (κ1) is 30.7. The number of halogens is 3. The van der Waals surface area contributed by atoms with Gasteiger partial charge in [0.2, 0.25) is 11.8 Å². The zero-order valence-electron chi connectivity index (χ0n) is 24.1. The largest absolute Gasteiger partial charge is 0.497 e. The minimum Gasteiger partial charge on any atom is -0.497 e. The van der Waals surface area contributed by atoms with E-state index in [2.05, 4.69) is 22.3 Å². The maximum absolute atomic E-state index is 14.2. The fourth-order valence-corrected chi connectivity index (χ4v) is 7.51. The van der Waals surface area contributed by atoms with Gasteiger partial charge in [0.25, 0.3) is 5.92 Å². The minimum absolute atomic E-state index is 0. The Morgan fingerprint density at radius 1 is 0.976 bits per heavy atom. The number of nitrogens with zero attached hydrogens (tertiary/aromatic N) is 3. The number of carbonyl (C=O) groups excluding carboxylic acids is 2. The number of piperidine rings is 1. The molecule has 42 heavy (non-hydrogen) atoms. The Balaban J connectivity index is 0.00000353. The summed E-state index contributed by atoms with van der Waals surface area (Å²) in [6, 6.07) is 17.5. The maximum atomic E-state index is 14.2. The predicted octanol–water partition coefficient (Wildman–Crippen LogP) is 4.17. The minimum atomic E-state index is -2.83. The van der Waals surface area contributed by atoms with Crippen LogP contribution in [0.3, 0.4) is 0 Å². The van der Waals surface area contributed by atoms with Gasteiger partial charge < -0.3 is 19.9 Å². The van der Waals surface area contributed by atoms with Crippen LogP contribution in [0.5, 0.6) is 5.75 Å². The van der Waals surface area contributed by atoms with Crippen LogP contribution in [0.15, 0.2) is 54.6 Å². The molecule has 4 aliphatic rings. The second-order valence-electron chi connectivity index (χ2n) is 12.3. The Hall–Kier alpha value is -2.75. The number of likely N-dealkylation sites (tertiary alicyclic amines) is 3. The number of carbonyl (C=O) groups is 2. The molecule has 228 valence electrons. The summed E-state index contributed by atoms with van der Waals surface area (Å²) in [7, 11) is 1.64. The van der Waals surface area contributed by atoms with Crippen molar-refractivity contribution in [3.05, 3.63) is 65.7 Å². The third-order valence-corrected chi connectivity index (χ3v) is 9.91. The topological polar surface area (TPSA) is 65.1 Å². The molecule has 1 unspecified atom stereocenters. The Kier molecular flexibility index (Phi) is 9.11. The molecule has 4 aliphatic heterocycles. The average molecular weight is 603 g/mol. The summed E-state index contributed by atoms with van der Waals surface area (Å²) in [5, 5.41) is 3.48. The highest BCUT2D eigenvalue weighted by atomic mass is 35.5. The van der Waals surface area contributed by atoms with Gasteiger partial charge in [0.1, 0.15) is 5.75 Å². The van der Waals surface area contributed by atoms with E-state index in [0.717, 1.165) is 30.8 Å². The van der Waals surface area contributed by atoms with Crippen LogP contribution in [0.2, 0.25) is 0 Å². The van der Waals surface area contributed by atoms with Crippen molar-refractivity contribution in [2.75, 3.05) is 52.9 Å². The smallest absolute Gasteiger partial charge is 0.267 e. The van der Waals surface area contributed by atoms with Gasteiger partial charge in [0, 0.05) is 51.0 Å². The number of ether oxygens (including phenoxy) is 1. The van der Waals surface area contributed by atoms with E-state index < -0.39 is 23.9 Å². The molecule has 4 heterocycles. The zero-order valence-corrected chi connectivity index (χ0v) is 25.0. The first-order valence-electron chi connectivity index (χ1n) is 14.9. The number of nitrogens with one attached hydrogen (secondary N) is 1. The third-order valence-electron chi connectivity index (χ3n) is 9.91. The van der Waals surface area contributed by atoms with Crippen molar-refractivity contribution in [1.29, 1.82) is 0 Å². The molecular weight excluding hydrogens is 562 g/mol. The molecular formula is C32H41ClF2N4O3. The lowest BCUT2D eigenvalue weighted by molar-refractivity contribution is -0.143. The van der Waals surface area contributed by atoms with Gasteiger partial charge in [0.05, 0.1) is 25.1 Å². The molecule has 2 aromatic rings. The summed E-state index contributed by atoms with van der Waals surface area (Å²) in [4.78, 5) is 33.3. The first-order chi connectivity index (χ1) is 19.8. The molecule has 4 saturated heterocycles. The van der Waals surface area contributed by atoms with E-state index in [9.17, 15) is 18.4 Å². The van der Waals surface area contributed by atoms with E-state index in [1.54, 1.807) is 7.11 Å². The van der Waals surface area contributed by atoms with E-state index in [1.165, 1.54) is 10.5 Å². The fraction of sp³-hybridized carbons (Fsp3) is 0.562. The monoisotopic (exact) mass is 602 g/mol. The molecule has 0 aromatic heterocycles. The molecule has 1 N–H and O–H groups in total. The number of benzene rings is 2. The number of hydrogen-bond donors (Lipinski definition) is 1. The summed E-state index contributed by atoms with van der Waals surface area (Å²) in [5.41, 5.74) is 1.83. The highest BCUT2D eigenvalue weighted by molar-refractivity contribution is 5.86. The zero-order chi connectivity index (χ0) is 28.6. The lowest BCUT2D eigenvalue weighted by Gasteiger charge is -2.44. The van der Waals surface area contributed by atoms with Crippen LogP contribution < -0.4 is 10.1 Å². The number of alkyl halides is 2. The first-order valence-corrected chi connectivity index (χ1v) is 14.9. The van der Waals surface area contributed by atoms with Crippen LogP contribution in [0.25, 0.3) is 0 Å². The second-order valence-corrected chi connectivity index (χ2v) is 12.3. The predicted molar refractivity (Wildman–Crippen MR) is 159 cm³/mol. The number of rotatable bonds is 7. The number of methoxy groups -OCH3 is 1. The summed E-state index contributed by atoms with van der Waals surface area (Å²) < 4.78 is 33.6. The van der Waals surface area contributed by atoms with E-state index in [4.69, 9.17) is 4.74 Å². The molecule has 3 atom stereocenters. The lowest BCUT2D eigenvalue weighted by Crippen LogP contribution is -2.57. The summed E-state index contributed by atoms with van der Waals surface area (Å²) in [6.07, 6.45) is 1.89. The summed E-state index contributed by atoms with van der Waals surface area (Å²) in [5.74, 6) is -1.94. The van der Waals surface area contributed by atoms with Crippen LogP contribution >= 0.6 is 12.4 Å². The number of hydrogen-bond acceptors (Lipinski definition) is 5. The fourth-order valence-electron chi connectivity index (χ4n) is 7.51. The molecule has 10 heteroatoms. The standard InChI is InChI=1S/C32H40F2N4O3.ClH/c1-41-25-9-7-23(8-10-25)21-37-17-13-31(30(37)40)11-15-36(16-12-31)28(29(39)38-18-14-32(33,34)22-38)27-20-35-19-26(27)24-5-3-2-4-6-24;/h2-10,26-28,35H,11-22H2,1H3;1H/t26-,27-,28?;/m1./s1. The van der Waals surface area contributed by atoms with E-state index in [0.29, 0.717) is 39.0 Å². The Bertz CT molecular complexity index is 1240. The molecule has 0 bridgehead atoms. The van der Waals surface area contributed by atoms with Crippen LogP contribution in [0.4, 0.5) is 8.78 Å². The van der Waals surface area contributed by atoms with Gasteiger partial charge in [-0.15, -0.1) is 12.4 Å². The van der Waals surface area contributed by atoms with E-state index in [-0.39, 0.29) is 49.0 Å². The van der Waals surface area contributed by atoms with Gasteiger partial charge in [0.15, 0.2) is 0 Å². The highest BCUT2D eigenvalue weighted by Gasteiger charge is 2.52. The van der Waals surface area contributed by atoms with Crippen molar-refractivity contribution in [3.8, 4) is 5.75 Å². The van der Waals surface area contributed by atoms with Gasteiger partial charge in [-0.1, -0.05) is 42.5 Å². The van der Waals surface area contributed by atoms with Gasteiger partial charge in [-0.3, -0.25) is 14.5 Å². The highest BCUT2D eigenvalue weighted by Crippen LogP contribution is 2.44. The average Bonchev–Trinajstić information content (AvgIpc) is 3.69. The molecule has 7 nitrogen and oxygen atoms in total. The van der Waals surface area contributed by atoms with Crippen LogP contribution in [-0.4, -0.2) is 91.4 Å². The molecule has 0 aliphatic carbocycles. The Morgan fingerprint density at radius 2 is 1.67 bits per heavy atom. The van der Waals surface area contributed by atoms with E-state index >= 15 is 0 Å². The quantitative estimate of drug-likeness (QED) is 0.515. The molecule has 6 rings (SSSR count). The molecule has 2 aromatic carbocycles. The molecule has 4 fully saturated rings. The number of amides is 2. The summed E-state index contributed by atoms with van der Waals surface area (Å²) in [6.45, 7) is 3.52. The molecule has 0 radical (unpaired) electrons. The third kappa shape index (κ3) is 6.01. The van der Waals surface area contributed by atoms with E-state index in [1.807, 2.05) is 47.4 Å². The van der Waals surface area contributed by atoms with Crippen LogP contribution in [-0.2, 0) is 16.1 Å². The van der Waals surface area contributed by atoms with Crippen LogP contribution in [0, 0.1) is 11.3 Å². The Morgan fingerprint density at radius 3 is 2.31 bits per heavy atom. The molecule has 1 spiro atoms. The maximum Gasteiger partial charge on any atom is 0.267 e. The van der Waals surface area contributed by atoms with Gasteiger partial charge in [-0.2, -0.15) is 0 Å². The SMILES string of the molecule is COc1ccc(CN2CCC3(CCN(C(C(=O)N4CCC(F)(F)C4)[C@@H]4CNC[C@@H]4c4ccccc4)CC3)C2=O)cc1.Cl. The normalized spacial score (nSPS) is 25.9. The van der Waals surface area contributed by atoms with Crippen molar-refractivity contribution in [3.63, 3.8) is 0 Å². The van der Waals surface area contributed by atoms with Crippen molar-refractivity contribution in [2.45, 2.75) is 50.1 Å². The van der Waals surface area contributed by atoms with Crippen molar-refractivity contribution < 1.29 is 23.1 Å². The van der Waals surface area contributed by atoms with Crippen molar-refractivity contribution in [2.24, 2.45) is 11.3 Å². The summed E-state index contributed by atoms with van der Waals surface area (Å²) >= 11 is 0. The van der Waals surface area contributed by atoms with Crippen molar-refractivity contribution in [1.82, 2.24) is 20.0 Å². The van der Waals surface area contributed by atoms with Crippen molar-refractivity contribution >= 4 is 24.2 Å².